The zero-order valence-electron chi connectivity index (χ0n) is 15.6. The van der Waals surface area contributed by atoms with Crippen molar-refractivity contribution in [2.75, 3.05) is 13.1 Å². The third kappa shape index (κ3) is 3.98. The number of amides is 2. The van der Waals surface area contributed by atoms with E-state index in [1.807, 2.05) is 0 Å². The van der Waals surface area contributed by atoms with Crippen LogP contribution in [0.25, 0.3) is 11.1 Å². The quantitative estimate of drug-likeness (QED) is 0.691. The highest BCUT2D eigenvalue weighted by molar-refractivity contribution is 5.91. The predicted octanol–water partition coefficient (Wildman–Crippen LogP) is 1.16. The van der Waals surface area contributed by atoms with E-state index < -0.39 is 11.7 Å². The highest BCUT2D eigenvalue weighted by Gasteiger charge is 2.26. The van der Waals surface area contributed by atoms with Gasteiger partial charge in [-0.3, -0.25) is 19.1 Å². The number of nitrogens with two attached hydrogens (primary N) is 1. The number of rotatable bonds is 5. The largest absolute Gasteiger partial charge is 0.488 e. The van der Waals surface area contributed by atoms with Gasteiger partial charge in [0.1, 0.15) is 24.1 Å². The Bertz CT molecular complexity index is 1120. The van der Waals surface area contributed by atoms with E-state index in [2.05, 4.69) is 4.98 Å². The number of para-hydroxylation sites is 2. The minimum Gasteiger partial charge on any atom is -0.488 e. The molecule has 1 aromatic carbocycles. The van der Waals surface area contributed by atoms with Gasteiger partial charge in [0.05, 0.1) is 12.1 Å². The van der Waals surface area contributed by atoms with Crippen molar-refractivity contribution in [1.82, 2.24) is 14.5 Å². The predicted molar refractivity (Wildman–Crippen MR) is 103 cm³/mol. The van der Waals surface area contributed by atoms with E-state index in [0.29, 0.717) is 29.9 Å². The fraction of sp³-hybridized carbons (Fsp3) is 0.300. The summed E-state index contributed by atoms with van der Waals surface area (Å²) in [6.45, 7) is 0.882. The Morgan fingerprint density at radius 2 is 2.10 bits per heavy atom. The van der Waals surface area contributed by atoms with Gasteiger partial charge in [0, 0.05) is 18.8 Å². The van der Waals surface area contributed by atoms with Crippen LogP contribution in [-0.2, 0) is 11.3 Å². The zero-order valence-corrected chi connectivity index (χ0v) is 15.6. The molecule has 2 N–H and O–H groups in total. The first-order chi connectivity index (χ1) is 14.0. The lowest BCUT2D eigenvalue weighted by molar-refractivity contribution is -0.134. The standard InChI is InChI=1S/C20H20N4O5/c21-19(26)15-10-13(7-8-22-15)28-14-4-3-9-23(11-14)18(25)12-24-16-5-1-2-6-17(16)29-20(24)27/h1-2,5-8,10,14H,3-4,9,11-12H2,(H2,21,26). The molecule has 1 atom stereocenters. The third-order valence-corrected chi connectivity index (χ3v) is 4.88. The number of likely N-dealkylation sites (tertiary alicyclic amines) is 1. The SMILES string of the molecule is NC(=O)c1cc(OC2CCCN(C(=O)Cn3c(=O)oc4ccccc43)C2)ccn1. The Labute approximate surface area is 165 Å². The lowest BCUT2D eigenvalue weighted by atomic mass is 10.1. The van der Waals surface area contributed by atoms with Gasteiger partial charge in [-0.2, -0.15) is 0 Å². The summed E-state index contributed by atoms with van der Waals surface area (Å²) in [5, 5.41) is 0. The number of pyridine rings is 1. The lowest BCUT2D eigenvalue weighted by Crippen LogP contribution is -2.46. The molecule has 0 aliphatic carbocycles. The van der Waals surface area contributed by atoms with Gasteiger partial charge >= 0.3 is 5.76 Å². The molecule has 29 heavy (non-hydrogen) atoms. The van der Waals surface area contributed by atoms with Crippen LogP contribution in [0.5, 0.6) is 5.75 Å². The summed E-state index contributed by atoms with van der Waals surface area (Å²) >= 11 is 0. The van der Waals surface area contributed by atoms with Gasteiger partial charge in [-0.1, -0.05) is 12.1 Å². The number of carbonyl (C=O) groups is 2. The number of primary amides is 1. The molecule has 0 spiro atoms. The van der Waals surface area contributed by atoms with Crippen LogP contribution in [0.1, 0.15) is 23.3 Å². The van der Waals surface area contributed by atoms with Gasteiger partial charge in [0.2, 0.25) is 5.91 Å². The topological polar surface area (TPSA) is 121 Å². The van der Waals surface area contributed by atoms with E-state index >= 15 is 0 Å². The van der Waals surface area contributed by atoms with Gasteiger partial charge in [-0.15, -0.1) is 0 Å². The Balaban J connectivity index is 1.44. The van der Waals surface area contributed by atoms with Crippen LogP contribution in [0.4, 0.5) is 0 Å². The fourth-order valence-corrected chi connectivity index (χ4v) is 3.47. The molecule has 0 radical (unpaired) electrons. The molecule has 1 saturated heterocycles. The molecule has 9 nitrogen and oxygen atoms in total. The number of nitrogens with zero attached hydrogens (tertiary/aromatic N) is 3. The van der Waals surface area contributed by atoms with Gasteiger partial charge in [-0.25, -0.2) is 4.79 Å². The molecule has 4 rings (SSSR count). The van der Waals surface area contributed by atoms with Crippen molar-refractivity contribution in [2.24, 2.45) is 5.73 Å². The summed E-state index contributed by atoms with van der Waals surface area (Å²) in [5.41, 5.74) is 6.41. The summed E-state index contributed by atoms with van der Waals surface area (Å²) < 4.78 is 12.5. The Kier molecular flexibility index (Phi) is 5.03. The molecule has 1 aliphatic heterocycles. The Hall–Kier alpha value is -3.62. The normalized spacial score (nSPS) is 16.7. The maximum absolute atomic E-state index is 12.8. The minimum absolute atomic E-state index is 0.0936. The number of hydrogen-bond acceptors (Lipinski definition) is 6. The van der Waals surface area contributed by atoms with Crippen LogP contribution in [0, 0.1) is 0 Å². The number of ether oxygens (including phenoxy) is 1. The van der Waals surface area contributed by atoms with Crippen LogP contribution in [0.15, 0.2) is 51.8 Å². The first-order valence-electron chi connectivity index (χ1n) is 9.30. The number of fused-ring (bicyclic) bond motifs is 1. The first-order valence-corrected chi connectivity index (χ1v) is 9.30. The summed E-state index contributed by atoms with van der Waals surface area (Å²) in [4.78, 5) is 41.8. The zero-order chi connectivity index (χ0) is 20.4. The third-order valence-electron chi connectivity index (χ3n) is 4.88. The molecule has 2 amide bonds. The number of oxazole rings is 1. The highest BCUT2D eigenvalue weighted by atomic mass is 16.5. The Morgan fingerprint density at radius 1 is 1.28 bits per heavy atom. The van der Waals surface area contributed by atoms with Crippen LogP contribution >= 0.6 is 0 Å². The fourth-order valence-electron chi connectivity index (χ4n) is 3.47. The average molecular weight is 396 g/mol. The van der Waals surface area contributed by atoms with Crippen molar-refractivity contribution in [3.05, 3.63) is 58.8 Å². The minimum atomic E-state index is -0.631. The van der Waals surface area contributed by atoms with Crippen molar-refractivity contribution in [3.63, 3.8) is 0 Å². The van der Waals surface area contributed by atoms with Crippen LogP contribution in [0.2, 0.25) is 0 Å². The monoisotopic (exact) mass is 396 g/mol. The van der Waals surface area contributed by atoms with E-state index in [1.54, 1.807) is 35.2 Å². The van der Waals surface area contributed by atoms with Crippen LogP contribution in [-0.4, -0.2) is 45.5 Å². The highest BCUT2D eigenvalue weighted by Crippen LogP contribution is 2.20. The second kappa shape index (κ2) is 7.78. The maximum atomic E-state index is 12.8. The van der Waals surface area contributed by atoms with Crippen molar-refractivity contribution < 1.29 is 18.7 Å². The summed E-state index contributed by atoms with van der Waals surface area (Å²) in [6, 6.07) is 10.1. The van der Waals surface area contributed by atoms with Gasteiger partial charge in [-0.05, 0) is 31.0 Å². The second-order valence-electron chi connectivity index (χ2n) is 6.88. The summed E-state index contributed by atoms with van der Waals surface area (Å²) in [5.74, 6) is -0.890. The van der Waals surface area contributed by atoms with Crippen molar-refractivity contribution >= 4 is 22.9 Å². The number of hydrogen-bond donors (Lipinski definition) is 1. The molecular formula is C20H20N4O5. The average Bonchev–Trinajstić information content (AvgIpc) is 3.03. The van der Waals surface area contributed by atoms with E-state index in [-0.39, 0.29) is 24.2 Å². The van der Waals surface area contributed by atoms with E-state index in [9.17, 15) is 14.4 Å². The number of carbonyl (C=O) groups excluding carboxylic acids is 2. The molecule has 1 aliphatic rings. The summed E-state index contributed by atoms with van der Waals surface area (Å²) in [6.07, 6.45) is 2.77. The van der Waals surface area contributed by atoms with E-state index in [1.165, 1.54) is 16.8 Å². The molecular weight excluding hydrogens is 376 g/mol. The maximum Gasteiger partial charge on any atom is 0.420 e. The van der Waals surface area contributed by atoms with Gasteiger partial charge < -0.3 is 19.8 Å². The lowest BCUT2D eigenvalue weighted by Gasteiger charge is -2.33. The van der Waals surface area contributed by atoms with Crippen LogP contribution in [0.3, 0.4) is 0 Å². The molecule has 1 fully saturated rings. The second-order valence-corrected chi connectivity index (χ2v) is 6.88. The number of piperidine rings is 1. The number of aromatic nitrogens is 2. The molecule has 0 bridgehead atoms. The molecule has 3 aromatic rings. The van der Waals surface area contributed by atoms with Crippen LogP contribution < -0.4 is 16.2 Å². The Morgan fingerprint density at radius 3 is 2.93 bits per heavy atom. The number of benzene rings is 1. The first kappa shape index (κ1) is 18.7. The van der Waals surface area contributed by atoms with Crippen molar-refractivity contribution in [3.8, 4) is 5.75 Å². The van der Waals surface area contributed by atoms with Gasteiger partial charge in [0.25, 0.3) is 5.91 Å². The molecule has 150 valence electrons. The molecule has 2 aromatic heterocycles. The molecule has 3 heterocycles. The molecule has 0 saturated carbocycles. The van der Waals surface area contributed by atoms with Gasteiger partial charge in [0.15, 0.2) is 5.58 Å². The molecule has 1 unspecified atom stereocenters. The molecule has 9 heteroatoms. The van der Waals surface area contributed by atoms with Crippen molar-refractivity contribution in [1.29, 1.82) is 0 Å². The van der Waals surface area contributed by atoms with Crippen molar-refractivity contribution in [2.45, 2.75) is 25.5 Å². The smallest absolute Gasteiger partial charge is 0.420 e. The van der Waals surface area contributed by atoms with E-state index in [0.717, 1.165) is 12.8 Å². The summed E-state index contributed by atoms with van der Waals surface area (Å²) in [7, 11) is 0. The van der Waals surface area contributed by atoms with E-state index in [4.69, 9.17) is 14.9 Å².